The number of rotatable bonds is 4. The second-order valence-corrected chi connectivity index (χ2v) is 7.00. The van der Waals surface area contributed by atoms with Gasteiger partial charge in [0.15, 0.2) is 0 Å². The molecule has 0 aliphatic carbocycles. The van der Waals surface area contributed by atoms with E-state index in [0.29, 0.717) is 25.2 Å². The Labute approximate surface area is 159 Å². The summed E-state index contributed by atoms with van der Waals surface area (Å²) in [6, 6.07) is 8.80. The van der Waals surface area contributed by atoms with Crippen LogP contribution in [0, 0.1) is 0 Å². The number of carbonyl (C=O) groups is 1. The lowest BCUT2D eigenvalue weighted by molar-refractivity contribution is -0.137. The number of pyridine rings is 1. The van der Waals surface area contributed by atoms with E-state index < -0.39 is 11.7 Å². The first kappa shape index (κ1) is 18.3. The summed E-state index contributed by atoms with van der Waals surface area (Å²) < 4.78 is 38.6. The van der Waals surface area contributed by atoms with Gasteiger partial charge >= 0.3 is 6.18 Å². The van der Waals surface area contributed by atoms with Gasteiger partial charge in [0, 0.05) is 37.0 Å². The van der Waals surface area contributed by atoms with Gasteiger partial charge < -0.3 is 15.2 Å². The Morgan fingerprint density at radius 2 is 2.11 bits per heavy atom. The van der Waals surface area contributed by atoms with Crippen molar-refractivity contribution in [1.29, 1.82) is 0 Å². The molecule has 0 spiro atoms. The molecule has 0 saturated carbocycles. The van der Waals surface area contributed by atoms with E-state index in [0.717, 1.165) is 28.7 Å². The number of anilines is 1. The quantitative estimate of drug-likeness (QED) is 0.719. The number of alkyl halides is 3. The topological polar surface area (TPSA) is 61.0 Å². The highest BCUT2D eigenvalue weighted by atomic mass is 19.4. The van der Waals surface area contributed by atoms with Crippen molar-refractivity contribution in [2.45, 2.75) is 25.1 Å². The maximum absolute atomic E-state index is 12.9. The lowest BCUT2D eigenvalue weighted by atomic mass is 10.1. The van der Waals surface area contributed by atoms with Crippen LogP contribution in [0.2, 0.25) is 0 Å². The van der Waals surface area contributed by atoms with E-state index in [-0.39, 0.29) is 18.4 Å². The smallest absolute Gasteiger partial charge is 0.368 e. The van der Waals surface area contributed by atoms with Crippen LogP contribution in [0.4, 0.5) is 18.9 Å². The molecule has 0 radical (unpaired) electrons. The van der Waals surface area contributed by atoms with Crippen molar-refractivity contribution in [3.8, 4) is 0 Å². The number of aromatic nitrogens is 2. The molecule has 5 nitrogen and oxygen atoms in total. The first-order valence-corrected chi connectivity index (χ1v) is 9.01. The van der Waals surface area contributed by atoms with Crippen LogP contribution < -0.4 is 10.2 Å². The van der Waals surface area contributed by atoms with E-state index in [2.05, 4.69) is 15.3 Å². The average molecular weight is 388 g/mol. The zero-order valence-electron chi connectivity index (χ0n) is 15.0. The third-order valence-corrected chi connectivity index (χ3v) is 4.95. The van der Waals surface area contributed by atoms with E-state index in [1.165, 1.54) is 6.20 Å². The molecule has 3 heterocycles. The molecule has 1 saturated heterocycles. The summed E-state index contributed by atoms with van der Waals surface area (Å²) in [6.07, 6.45) is 0.611. The summed E-state index contributed by atoms with van der Waals surface area (Å²) in [7, 11) is 0. The van der Waals surface area contributed by atoms with Gasteiger partial charge in [0.05, 0.1) is 23.9 Å². The van der Waals surface area contributed by atoms with Gasteiger partial charge in [-0.3, -0.25) is 9.78 Å². The second-order valence-electron chi connectivity index (χ2n) is 7.00. The Hall–Kier alpha value is -3.03. The Kier molecular flexibility index (Phi) is 4.70. The first-order valence-electron chi connectivity index (χ1n) is 9.01. The fraction of sp³-hybridized carbons (Fsp3) is 0.300. The predicted octanol–water partition coefficient (Wildman–Crippen LogP) is 3.52. The van der Waals surface area contributed by atoms with E-state index in [9.17, 15) is 18.0 Å². The van der Waals surface area contributed by atoms with Crippen molar-refractivity contribution >= 4 is 22.5 Å². The molecular formula is C20H19F3N4O. The molecule has 3 aromatic rings. The predicted molar refractivity (Wildman–Crippen MR) is 100 cm³/mol. The monoisotopic (exact) mass is 388 g/mol. The van der Waals surface area contributed by atoms with Crippen LogP contribution in [-0.4, -0.2) is 35.0 Å². The molecule has 2 aromatic heterocycles. The second kappa shape index (κ2) is 7.18. The van der Waals surface area contributed by atoms with Gasteiger partial charge in [-0.1, -0.05) is 12.1 Å². The number of nitrogens with one attached hydrogen (secondary N) is 2. The summed E-state index contributed by atoms with van der Waals surface area (Å²) in [6.45, 7) is 1.03. The molecule has 1 aliphatic rings. The molecule has 1 aliphatic heterocycles. The molecule has 1 aromatic carbocycles. The van der Waals surface area contributed by atoms with Crippen molar-refractivity contribution in [3.05, 3.63) is 60.0 Å². The molecule has 8 heteroatoms. The van der Waals surface area contributed by atoms with Gasteiger partial charge in [0.1, 0.15) is 0 Å². The van der Waals surface area contributed by atoms with E-state index >= 15 is 0 Å². The highest BCUT2D eigenvalue weighted by Gasteiger charge is 2.32. The molecule has 146 valence electrons. The third-order valence-electron chi connectivity index (χ3n) is 4.95. The van der Waals surface area contributed by atoms with Gasteiger partial charge in [0.25, 0.3) is 0 Å². The number of halogens is 3. The summed E-state index contributed by atoms with van der Waals surface area (Å²) in [5, 5.41) is 4.07. The molecule has 1 fully saturated rings. The molecule has 0 bridgehead atoms. The van der Waals surface area contributed by atoms with E-state index in [4.69, 9.17) is 0 Å². The molecule has 2 N–H and O–H groups in total. The van der Waals surface area contributed by atoms with Gasteiger partial charge in [0.2, 0.25) is 5.91 Å². The number of aromatic amines is 1. The van der Waals surface area contributed by atoms with Gasteiger partial charge in [-0.15, -0.1) is 0 Å². The Bertz CT molecular complexity index is 998. The van der Waals surface area contributed by atoms with Crippen LogP contribution in [0.5, 0.6) is 0 Å². The van der Waals surface area contributed by atoms with Crippen LogP contribution >= 0.6 is 0 Å². The number of amides is 1. The number of benzene rings is 1. The molecular weight excluding hydrogens is 369 g/mol. The number of hydrogen-bond acceptors (Lipinski definition) is 3. The minimum atomic E-state index is -4.42. The summed E-state index contributed by atoms with van der Waals surface area (Å²) in [5.74, 6) is -0.0973. The maximum atomic E-state index is 12.9. The zero-order chi connectivity index (χ0) is 19.7. The minimum Gasteiger partial charge on any atom is -0.368 e. The maximum Gasteiger partial charge on any atom is 0.417 e. The van der Waals surface area contributed by atoms with Crippen molar-refractivity contribution in [2.24, 2.45) is 0 Å². The Morgan fingerprint density at radius 1 is 1.25 bits per heavy atom. The zero-order valence-corrected chi connectivity index (χ0v) is 15.0. The minimum absolute atomic E-state index is 0.0973. The fourth-order valence-electron chi connectivity index (χ4n) is 3.54. The first-order chi connectivity index (χ1) is 13.4. The molecule has 1 atom stereocenters. The van der Waals surface area contributed by atoms with Crippen molar-refractivity contribution in [1.82, 2.24) is 15.3 Å². The van der Waals surface area contributed by atoms with E-state index in [1.54, 1.807) is 0 Å². The number of fused-ring (bicyclic) bond motifs is 1. The molecule has 28 heavy (non-hydrogen) atoms. The normalized spacial score (nSPS) is 17.2. The average Bonchev–Trinajstić information content (AvgIpc) is 3.30. The van der Waals surface area contributed by atoms with Gasteiger partial charge in [-0.05, 0) is 35.6 Å². The number of hydrogen-bond donors (Lipinski definition) is 2. The highest BCUT2D eigenvalue weighted by Crippen LogP contribution is 2.31. The van der Waals surface area contributed by atoms with Crippen molar-refractivity contribution < 1.29 is 18.0 Å². The van der Waals surface area contributed by atoms with Gasteiger partial charge in [-0.2, -0.15) is 13.2 Å². The van der Waals surface area contributed by atoms with Crippen molar-refractivity contribution in [3.63, 3.8) is 0 Å². The van der Waals surface area contributed by atoms with Crippen LogP contribution in [0.25, 0.3) is 10.9 Å². The lowest BCUT2D eigenvalue weighted by Crippen LogP contribution is -2.38. The summed E-state index contributed by atoms with van der Waals surface area (Å²) in [4.78, 5) is 21.0. The number of nitrogens with zero attached hydrogens (tertiary/aromatic N) is 2. The highest BCUT2D eigenvalue weighted by molar-refractivity contribution is 5.83. The van der Waals surface area contributed by atoms with Crippen LogP contribution in [-0.2, 0) is 17.4 Å². The molecule has 1 unspecified atom stereocenters. The molecule has 1 amide bonds. The SMILES string of the molecule is O=C(Cc1ccc2cc[nH]c2c1)NC1CCN(c2cncc(C(F)(F)F)c2)C1. The lowest BCUT2D eigenvalue weighted by Gasteiger charge is -2.20. The molecule has 4 rings (SSSR count). The van der Waals surface area contributed by atoms with Crippen molar-refractivity contribution in [2.75, 3.05) is 18.0 Å². The summed E-state index contributed by atoms with van der Waals surface area (Å²) in [5.41, 5.74) is 1.54. The third kappa shape index (κ3) is 3.95. The van der Waals surface area contributed by atoms with Gasteiger partial charge in [-0.25, -0.2) is 0 Å². The number of carbonyl (C=O) groups excluding carboxylic acids is 1. The van der Waals surface area contributed by atoms with Crippen LogP contribution in [0.15, 0.2) is 48.9 Å². The van der Waals surface area contributed by atoms with Crippen LogP contribution in [0.1, 0.15) is 17.5 Å². The number of H-pyrrole nitrogens is 1. The standard InChI is InChI=1S/C20H19F3N4O/c21-20(22,23)15-9-17(11-24-10-15)27-6-4-16(12-27)26-19(28)8-13-1-2-14-3-5-25-18(14)7-13/h1-3,5,7,9-11,16,25H,4,6,8,12H2,(H,26,28). The summed E-state index contributed by atoms with van der Waals surface area (Å²) >= 11 is 0. The van der Waals surface area contributed by atoms with E-state index in [1.807, 2.05) is 35.4 Å². The Balaban J connectivity index is 1.36. The van der Waals surface area contributed by atoms with Crippen LogP contribution in [0.3, 0.4) is 0 Å². The largest absolute Gasteiger partial charge is 0.417 e. The fourth-order valence-corrected chi connectivity index (χ4v) is 3.54. The Morgan fingerprint density at radius 3 is 2.93 bits per heavy atom.